The van der Waals surface area contributed by atoms with Gasteiger partial charge >= 0.3 is 0 Å². The fourth-order valence-electron chi connectivity index (χ4n) is 3.42. The Morgan fingerprint density at radius 2 is 2.17 bits per heavy atom. The van der Waals surface area contributed by atoms with E-state index in [9.17, 15) is 9.18 Å². The van der Waals surface area contributed by atoms with Crippen LogP contribution in [-0.4, -0.2) is 41.7 Å². The van der Waals surface area contributed by atoms with Gasteiger partial charge in [-0.2, -0.15) is 0 Å². The van der Waals surface area contributed by atoms with Crippen molar-refractivity contribution in [3.8, 4) is 17.0 Å². The van der Waals surface area contributed by atoms with Crippen molar-refractivity contribution in [3.05, 3.63) is 30.5 Å². The number of aromatic nitrogens is 2. The number of pyridine rings is 1. The lowest BCUT2D eigenvalue weighted by molar-refractivity contribution is -0.117. The van der Waals surface area contributed by atoms with Crippen molar-refractivity contribution >= 4 is 46.8 Å². The number of anilines is 1. The Kier molecular flexibility index (Phi) is 5.04. The van der Waals surface area contributed by atoms with Crippen LogP contribution in [0.4, 0.5) is 15.9 Å². The molecule has 0 unspecified atom stereocenters. The number of thioether (sulfide) groups is 1. The van der Waals surface area contributed by atoms with Crippen LogP contribution in [0.2, 0.25) is 0 Å². The maximum Gasteiger partial charge on any atom is 0.231 e. The lowest BCUT2D eigenvalue weighted by Crippen LogP contribution is -2.15. The molecule has 4 rings (SSSR count). The van der Waals surface area contributed by atoms with Gasteiger partial charge in [0.2, 0.25) is 5.91 Å². The van der Waals surface area contributed by atoms with Crippen molar-refractivity contribution < 1.29 is 13.9 Å². The van der Waals surface area contributed by atoms with Crippen LogP contribution in [0, 0.1) is 5.92 Å². The topological polar surface area (TPSA) is 68.5 Å². The van der Waals surface area contributed by atoms with Crippen molar-refractivity contribution in [1.82, 2.24) is 9.55 Å². The highest BCUT2D eigenvalue weighted by Crippen LogP contribution is 2.41. The molecule has 0 radical (unpaired) electrons. The summed E-state index contributed by atoms with van der Waals surface area (Å²) >= 11 is 1.59. The molecule has 29 heavy (non-hydrogen) atoms. The quantitative estimate of drug-likeness (QED) is 0.475. The SMILES string of the molecule is C=Nc1cc(OC)c(-c2cc3cc(NC(=O)[C@@H]4C[C@@H]4F)ncc3n2C)cc1SC. The molecule has 8 heteroatoms. The van der Waals surface area contributed by atoms with E-state index in [1.54, 1.807) is 31.1 Å². The van der Waals surface area contributed by atoms with Crippen molar-refractivity contribution in [2.45, 2.75) is 17.5 Å². The normalized spacial score (nSPS) is 17.9. The lowest BCUT2D eigenvalue weighted by atomic mass is 10.1. The van der Waals surface area contributed by atoms with Gasteiger partial charge in [0.1, 0.15) is 17.7 Å². The van der Waals surface area contributed by atoms with Gasteiger partial charge in [-0.25, -0.2) is 9.37 Å². The Bertz CT molecular complexity index is 1130. The van der Waals surface area contributed by atoms with Gasteiger partial charge in [0.25, 0.3) is 0 Å². The number of carbonyl (C=O) groups is 1. The second kappa shape index (κ2) is 7.51. The summed E-state index contributed by atoms with van der Waals surface area (Å²) in [6.45, 7) is 3.63. The fourth-order valence-corrected chi connectivity index (χ4v) is 3.99. The van der Waals surface area contributed by atoms with Crippen LogP contribution in [-0.2, 0) is 11.8 Å². The molecule has 1 amide bonds. The van der Waals surface area contributed by atoms with Gasteiger partial charge in [0.15, 0.2) is 0 Å². The van der Waals surface area contributed by atoms with Crippen LogP contribution in [0.1, 0.15) is 6.42 Å². The first-order chi connectivity index (χ1) is 14.0. The third kappa shape index (κ3) is 3.48. The number of hydrogen-bond acceptors (Lipinski definition) is 5. The maximum atomic E-state index is 13.1. The molecule has 3 aromatic rings. The maximum absolute atomic E-state index is 13.1. The molecular formula is C21H21FN4O2S. The number of hydrogen-bond donors (Lipinski definition) is 1. The third-order valence-electron chi connectivity index (χ3n) is 5.18. The number of rotatable bonds is 6. The van der Waals surface area contributed by atoms with E-state index in [1.807, 2.05) is 36.1 Å². The molecule has 0 bridgehead atoms. The molecule has 2 heterocycles. The first-order valence-corrected chi connectivity index (χ1v) is 10.3. The Labute approximate surface area is 172 Å². The van der Waals surface area contributed by atoms with E-state index in [0.29, 0.717) is 11.6 Å². The monoisotopic (exact) mass is 412 g/mol. The van der Waals surface area contributed by atoms with Gasteiger partial charge in [-0.3, -0.25) is 9.79 Å². The van der Waals surface area contributed by atoms with E-state index in [0.717, 1.165) is 32.7 Å². The minimum Gasteiger partial charge on any atom is -0.496 e. The molecule has 1 aliphatic rings. The summed E-state index contributed by atoms with van der Waals surface area (Å²) in [6.07, 6.45) is 2.95. The zero-order valence-electron chi connectivity index (χ0n) is 16.4. The molecule has 1 fully saturated rings. The van der Waals surface area contributed by atoms with Gasteiger partial charge in [-0.15, -0.1) is 11.8 Å². The number of aryl methyl sites for hydroxylation is 1. The van der Waals surface area contributed by atoms with E-state index in [4.69, 9.17) is 4.74 Å². The first kappa shape index (κ1) is 19.4. The summed E-state index contributed by atoms with van der Waals surface area (Å²) in [6, 6.07) is 7.73. The van der Waals surface area contributed by atoms with Gasteiger partial charge < -0.3 is 14.6 Å². The lowest BCUT2D eigenvalue weighted by Gasteiger charge is -2.13. The number of alkyl halides is 1. The minimum atomic E-state index is -1.03. The molecule has 0 spiro atoms. The van der Waals surface area contributed by atoms with Gasteiger partial charge in [-0.1, -0.05) is 0 Å². The Balaban J connectivity index is 1.76. The molecule has 0 aliphatic heterocycles. The number of carbonyl (C=O) groups excluding carboxylic acids is 1. The number of nitrogens with zero attached hydrogens (tertiary/aromatic N) is 3. The van der Waals surface area contributed by atoms with Crippen LogP contribution < -0.4 is 10.1 Å². The summed E-state index contributed by atoms with van der Waals surface area (Å²) < 4.78 is 20.7. The summed E-state index contributed by atoms with van der Waals surface area (Å²) in [7, 11) is 3.58. The molecule has 0 saturated heterocycles. The predicted octanol–water partition coefficient (Wildman–Crippen LogP) is 4.60. The molecule has 1 aliphatic carbocycles. The van der Waals surface area contributed by atoms with Crippen LogP contribution in [0.15, 0.2) is 40.4 Å². The van der Waals surface area contributed by atoms with Gasteiger partial charge in [0.05, 0.1) is 36.1 Å². The van der Waals surface area contributed by atoms with Gasteiger partial charge in [0, 0.05) is 29.0 Å². The minimum absolute atomic E-state index is 0.288. The largest absolute Gasteiger partial charge is 0.496 e. The van der Waals surface area contributed by atoms with Crippen LogP contribution in [0.5, 0.6) is 5.75 Å². The van der Waals surface area contributed by atoms with E-state index in [1.165, 1.54) is 0 Å². The molecule has 150 valence electrons. The van der Waals surface area contributed by atoms with Crippen LogP contribution in [0.25, 0.3) is 22.2 Å². The standard InChI is InChI=1S/C21H21FN4O2S/c1-23-15-9-18(28-3)13(8-19(15)29-4)16-5-11-6-20(24-10-17(11)26(16)2)25-21(27)12-7-14(12)22/h5-6,8-10,12,14H,1,7H2,2-4H3,(H,24,25,27)/t12-,14+/m1/s1. The number of aliphatic imine (C=N–C) groups is 1. The second-order valence-electron chi connectivity index (χ2n) is 6.95. The molecule has 1 N–H and O–H groups in total. The summed E-state index contributed by atoms with van der Waals surface area (Å²) in [5.41, 5.74) is 3.55. The third-order valence-corrected chi connectivity index (χ3v) is 5.94. The number of methoxy groups -OCH3 is 1. The Morgan fingerprint density at radius 3 is 2.79 bits per heavy atom. The summed E-state index contributed by atoms with van der Waals surface area (Å²) in [5.74, 6) is 0.242. The Morgan fingerprint density at radius 1 is 1.41 bits per heavy atom. The zero-order chi connectivity index (χ0) is 20.7. The Hall–Kier alpha value is -2.87. The number of halogens is 1. The highest BCUT2D eigenvalue weighted by molar-refractivity contribution is 7.98. The highest BCUT2D eigenvalue weighted by Gasteiger charge is 2.43. The van der Waals surface area contributed by atoms with E-state index >= 15 is 0 Å². The predicted molar refractivity (Wildman–Crippen MR) is 115 cm³/mol. The van der Waals surface area contributed by atoms with Crippen LogP contribution in [0.3, 0.4) is 0 Å². The molecule has 1 saturated carbocycles. The van der Waals surface area contributed by atoms with E-state index in [-0.39, 0.29) is 12.3 Å². The number of nitrogens with one attached hydrogen (secondary N) is 1. The van der Waals surface area contributed by atoms with Crippen LogP contribution >= 0.6 is 11.8 Å². The van der Waals surface area contributed by atoms with Crippen molar-refractivity contribution in [2.75, 3.05) is 18.7 Å². The molecule has 2 atom stereocenters. The zero-order valence-corrected chi connectivity index (χ0v) is 17.2. The average Bonchev–Trinajstić information content (AvgIpc) is 3.38. The number of benzene rings is 1. The molecule has 1 aromatic carbocycles. The number of amides is 1. The van der Waals surface area contributed by atoms with Crippen molar-refractivity contribution in [1.29, 1.82) is 0 Å². The first-order valence-electron chi connectivity index (χ1n) is 9.10. The van der Waals surface area contributed by atoms with E-state index in [2.05, 4.69) is 22.0 Å². The van der Waals surface area contributed by atoms with Crippen molar-refractivity contribution in [3.63, 3.8) is 0 Å². The molecule has 2 aromatic heterocycles. The average molecular weight is 412 g/mol. The van der Waals surface area contributed by atoms with Gasteiger partial charge in [-0.05, 0) is 37.6 Å². The molecular weight excluding hydrogens is 391 g/mol. The summed E-state index contributed by atoms with van der Waals surface area (Å²) in [4.78, 5) is 21.4. The highest BCUT2D eigenvalue weighted by atomic mass is 32.2. The second-order valence-corrected chi connectivity index (χ2v) is 7.79. The van der Waals surface area contributed by atoms with E-state index < -0.39 is 12.1 Å². The van der Waals surface area contributed by atoms with Crippen molar-refractivity contribution in [2.24, 2.45) is 18.0 Å². The number of ether oxygens (including phenoxy) is 1. The smallest absolute Gasteiger partial charge is 0.231 e. The fraction of sp³-hybridized carbons (Fsp3) is 0.286. The number of fused-ring (bicyclic) bond motifs is 1. The summed E-state index contributed by atoms with van der Waals surface area (Å²) in [5, 5.41) is 3.62. The molecule has 6 nitrogen and oxygen atoms in total.